The van der Waals surface area contributed by atoms with Crippen LogP contribution in [0.25, 0.3) is 0 Å². The third kappa shape index (κ3) is 7.75. The molecule has 1 atom stereocenters. The predicted octanol–water partition coefficient (Wildman–Crippen LogP) is 4.05. The normalized spacial score (nSPS) is 17.8. The van der Waals surface area contributed by atoms with Gasteiger partial charge in [-0.3, -0.25) is 4.79 Å². The summed E-state index contributed by atoms with van der Waals surface area (Å²) in [5.74, 6) is 0.149. The summed E-state index contributed by atoms with van der Waals surface area (Å²) in [6.07, 6.45) is 1.39. The Morgan fingerprint density at radius 2 is 1.93 bits per heavy atom. The fourth-order valence-electron chi connectivity index (χ4n) is 3.05. The van der Waals surface area contributed by atoms with Crippen LogP contribution in [-0.2, 0) is 19.4 Å². The maximum Gasteiger partial charge on any atom is 0.223 e. The van der Waals surface area contributed by atoms with Crippen LogP contribution >= 0.6 is 23.2 Å². The standard InChI is InChI=1S/C19H29Cl2NO5SSi/c1-28(24,25)9-7-22-12-14(11-17(22)23)18-16(6-5-15(20)19(18)21)27-13-26-8-10-29(2,3)4/h5-6,14H,7-13H2,1-4H3/t14-/m1/s1. The molecule has 6 nitrogen and oxygen atoms in total. The highest BCUT2D eigenvalue weighted by molar-refractivity contribution is 7.90. The first-order chi connectivity index (χ1) is 13.4. The summed E-state index contributed by atoms with van der Waals surface area (Å²) in [6.45, 7) is 8.11. The highest BCUT2D eigenvalue weighted by Gasteiger charge is 2.34. The second-order valence-corrected chi connectivity index (χ2v) is 17.3. The molecule has 0 unspecified atom stereocenters. The summed E-state index contributed by atoms with van der Waals surface area (Å²) in [5.41, 5.74) is 0.670. The maximum atomic E-state index is 12.4. The highest BCUT2D eigenvalue weighted by atomic mass is 35.5. The molecule has 0 bridgehead atoms. The molecule has 0 aromatic heterocycles. The molecule has 1 saturated heterocycles. The van der Waals surface area contributed by atoms with Crippen LogP contribution in [0.2, 0.25) is 35.7 Å². The zero-order valence-electron chi connectivity index (χ0n) is 17.3. The number of sulfone groups is 1. The van der Waals surface area contributed by atoms with Gasteiger partial charge in [-0.25, -0.2) is 8.42 Å². The van der Waals surface area contributed by atoms with Crippen molar-refractivity contribution in [3.8, 4) is 5.75 Å². The molecule has 0 radical (unpaired) electrons. The summed E-state index contributed by atoms with van der Waals surface area (Å²) in [4.78, 5) is 13.9. The maximum absolute atomic E-state index is 12.4. The van der Waals surface area contributed by atoms with Gasteiger partial charge in [0.15, 0.2) is 6.79 Å². The molecule has 29 heavy (non-hydrogen) atoms. The van der Waals surface area contributed by atoms with E-state index in [9.17, 15) is 13.2 Å². The van der Waals surface area contributed by atoms with Gasteiger partial charge in [0.25, 0.3) is 0 Å². The van der Waals surface area contributed by atoms with E-state index in [-0.39, 0.29) is 37.3 Å². The topological polar surface area (TPSA) is 72.9 Å². The molecule has 1 fully saturated rings. The lowest BCUT2D eigenvalue weighted by molar-refractivity contribution is -0.127. The molecule has 1 aliphatic rings. The fourth-order valence-corrected chi connectivity index (χ4v) is 4.84. The average molecular weight is 483 g/mol. The van der Waals surface area contributed by atoms with Crippen LogP contribution in [0, 0.1) is 0 Å². The molecule has 1 aromatic rings. The lowest BCUT2D eigenvalue weighted by Gasteiger charge is -2.20. The number of carbonyl (C=O) groups excluding carboxylic acids is 1. The van der Waals surface area contributed by atoms with E-state index in [4.69, 9.17) is 32.7 Å². The highest BCUT2D eigenvalue weighted by Crippen LogP contribution is 2.42. The number of benzene rings is 1. The Balaban J connectivity index is 2.07. The molecular formula is C19H29Cl2NO5SSi. The van der Waals surface area contributed by atoms with Gasteiger partial charge in [0, 0.05) is 51.9 Å². The van der Waals surface area contributed by atoms with Gasteiger partial charge in [-0.05, 0) is 18.2 Å². The lowest BCUT2D eigenvalue weighted by Crippen LogP contribution is -2.30. The zero-order chi connectivity index (χ0) is 21.8. The second kappa shape index (κ2) is 10.0. The zero-order valence-corrected chi connectivity index (χ0v) is 20.7. The van der Waals surface area contributed by atoms with Gasteiger partial charge < -0.3 is 14.4 Å². The minimum Gasteiger partial charge on any atom is -0.467 e. The van der Waals surface area contributed by atoms with Gasteiger partial charge in [-0.2, -0.15) is 0 Å². The van der Waals surface area contributed by atoms with Gasteiger partial charge in [-0.15, -0.1) is 0 Å². The van der Waals surface area contributed by atoms with Crippen molar-refractivity contribution in [1.29, 1.82) is 0 Å². The van der Waals surface area contributed by atoms with Crippen molar-refractivity contribution in [1.82, 2.24) is 4.90 Å². The SMILES string of the molecule is C[Si](C)(C)CCOCOc1ccc(Cl)c(Cl)c1[C@@H]1CC(=O)N(CCS(C)(=O)=O)C1. The third-order valence-electron chi connectivity index (χ3n) is 4.74. The van der Waals surface area contributed by atoms with Gasteiger partial charge >= 0.3 is 0 Å². The van der Waals surface area contributed by atoms with Crippen molar-refractivity contribution in [2.45, 2.75) is 38.0 Å². The van der Waals surface area contributed by atoms with Gasteiger partial charge in [0.1, 0.15) is 15.6 Å². The molecule has 0 N–H and O–H groups in total. The van der Waals surface area contributed by atoms with E-state index in [1.165, 1.54) is 0 Å². The summed E-state index contributed by atoms with van der Waals surface area (Å²) in [7, 11) is -4.32. The number of nitrogens with zero attached hydrogens (tertiary/aromatic N) is 1. The fraction of sp³-hybridized carbons (Fsp3) is 0.632. The lowest BCUT2D eigenvalue weighted by atomic mass is 9.97. The molecular weight excluding hydrogens is 453 g/mol. The van der Waals surface area contributed by atoms with E-state index in [1.807, 2.05) is 0 Å². The first-order valence-electron chi connectivity index (χ1n) is 9.51. The Labute approximate surface area is 184 Å². The molecule has 1 aliphatic heterocycles. The summed E-state index contributed by atoms with van der Waals surface area (Å²) >= 11 is 12.7. The van der Waals surface area contributed by atoms with E-state index in [0.717, 1.165) is 12.3 Å². The molecule has 1 aromatic carbocycles. The number of hydrogen-bond donors (Lipinski definition) is 0. The van der Waals surface area contributed by atoms with Crippen LogP contribution < -0.4 is 4.74 Å². The second-order valence-electron chi connectivity index (χ2n) is 8.62. The third-order valence-corrected chi connectivity index (χ3v) is 8.19. The Morgan fingerprint density at radius 3 is 2.55 bits per heavy atom. The molecule has 2 rings (SSSR count). The van der Waals surface area contributed by atoms with Gasteiger partial charge in [0.2, 0.25) is 5.91 Å². The molecule has 164 valence electrons. The molecule has 0 saturated carbocycles. The van der Waals surface area contributed by atoms with Gasteiger partial charge in [0.05, 0.1) is 15.8 Å². The Hall–Kier alpha value is -0.803. The predicted molar refractivity (Wildman–Crippen MR) is 120 cm³/mol. The summed E-state index contributed by atoms with van der Waals surface area (Å²) in [6, 6.07) is 4.43. The van der Waals surface area contributed by atoms with Crippen molar-refractivity contribution >= 4 is 47.0 Å². The van der Waals surface area contributed by atoms with E-state index >= 15 is 0 Å². The van der Waals surface area contributed by atoms with Crippen LogP contribution in [0.5, 0.6) is 5.75 Å². The molecule has 1 amide bonds. The Bertz CT molecular complexity index is 842. The first-order valence-corrected chi connectivity index (χ1v) is 16.0. The van der Waals surface area contributed by atoms with Crippen LogP contribution in [-0.4, -0.2) is 65.8 Å². The molecule has 10 heteroatoms. The molecule has 1 heterocycles. The molecule has 0 aliphatic carbocycles. The number of rotatable bonds is 10. The quantitative estimate of drug-likeness (QED) is 0.286. The number of likely N-dealkylation sites (tertiary alicyclic amines) is 1. The number of hydrogen-bond acceptors (Lipinski definition) is 5. The van der Waals surface area contributed by atoms with Crippen LogP contribution in [0.3, 0.4) is 0 Å². The van der Waals surface area contributed by atoms with Crippen molar-refractivity contribution in [2.75, 3.05) is 38.5 Å². The number of ether oxygens (including phenoxy) is 2. The average Bonchev–Trinajstić information content (AvgIpc) is 2.94. The number of carbonyl (C=O) groups is 1. The van der Waals surface area contributed by atoms with E-state index in [0.29, 0.717) is 34.5 Å². The van der Waals surface area contributed by atoms with E-state index < -0.39 is 17.9 Å². The summed E-state index contributed by atoms with van der Waals surface area (Å²) < 4.78 is 34.3. The molecule has 0 spiro atoms. The monoisotopic (exact) mass is 481 g/mol. The Morgan fingerprint density at radius 1 is 1.24 bits per heavy atom. The van der Waals surface area contributed by atoms with E-state index in [2.05, 4.69) is 19.6 Å². The van der Waals surface area contributed by atoms with Crippen molar-refractivity contribution in [2.24, 2.45) is 0 Å². The van der Waals surface area contributed by atoms with Crippen molar-refractivity contribution in [3.05, 3.63) is 27.7 Å². The summed E-state index contributed by atoms with van der Waals surface area (Å²) in [5, 5.41) is 0.740. The van der Waals surface area contributed by atoms with Gasteiger partial charge in [-0.1, -0.05) is 42.8 Å². The minimum atomic E-state index is -3.15. The smallest absolute Gasteiger partial charge is 0.223 e. The number of amides is 1. The van der Waals surface area contributed by atoms with Crippen molar-refractivity contribution in [3.63, 3.8) is 0 Å². The first kappa shape index (κ1) is 24.5. The van der Waals surface area contributed by atoms with Crippen LogP contribution in [0.15, 0.2) is 12.1 Å². The van der Waals surface area contributed by atoms with Crippen molar-refractivity contribution < 1.29 is 22.7 Å². The van der Waals surface area contributed by atoms with E-state index in [1.54, 1.807) is 17.0 Å². The van der Waals surface area contributed by atoms with Crippen LogP contribution in [0.4, 0.5) is 0 Å². The van der Waals surface area contributed by atoms with Crippen LogP contribution in [0.1, 0.15) is 17.9 Å². The largest absolute Gasteiger partial charge is 0.467 e. The minimum absolute atomic E-state index is 0.0664. The number of halogens is 2. The Kier molecular flexibility index (Phi) is 8.44.